The molecule has 0 aliphatic rings. The lowest BCUT2D eigenvalue weighted by Crippen LogP contribution is -2.33. The van der Waals surface area contributed by atoms with Gasteiger partial charge < -0.3 is 9.75 Å². The fourth-order valence-corrected chi connectivity index (χ4v) is 2.22. The first kappa shape index (κ1) is 11.8. The number of rotatable bonds is 3. The second-order valence-electron chi connectivity index (χ2n) is 3.16. The standard InChI is InChI=1S/C9H14N2O3S/c1-5-14-8(12)7-6(2)11(10(3)4)9(13)15-7/h5H2,1-4H3. The number of hydrogen-bond donors (Lipinski definition) is 0. The summed E-state index contributed by atoms with van der Waals surface area (Å²) in [5, 5.41) is 1.64. The number of carbonyl (C=O) groups excluding carboxylic acids is 1. The predicted molar refractivity (Wildman–Crippen MR) is 59.3 cm³/mol. The van der Waals surface area contributed by atoms with Gasteiger partial charge in [0.15, 0.2) is 0 Å². The third-order valence-electron chi connectivity index (χ3n) is 1.87. The fraction of sp³-hybridized carbons (Fsp3) is 0.556. The van der Waals surface area contributed by atoms with Crippen LogP contribution < -0.4 is 9.88 Å². The first-order valence-corrected chi connectivity index (χ1v) is 5.37. The molecular weight excluding hydrogens is 216 g/mol. The van der Waals surface area contributed by atoms with Gasteiger partial charge in [-0.2, -0.15) is 0 Å². The van der Waals surface area contributed by atoms with Gasteiger partial charge >= 0.3 is 10.8 Å². The molecule has 6 heteroatoms. The van der Waals surface area contributed by atoms with Crippen LogP contribution in [0.5, 0.6) is 0 Å². The van der Waals surface area contributed by atoms with Crippen molar-refractivity contribution in [3.63, 3.8) is 0 Å². The van der Waals surface area contributed by atoms with E-state index in [-0.39, 0.29) is 4.87 Å². The van der Waals surface area contributed by atoms with Crippen molar-refractivity contribution >= 4 is 17.3 Å². The van der Waals surface area contributed by atoms with Crippen molar-refractivity contribution in [1.82, 2.24) is 4.68 Å². The zero-order valence-corrected chi connectivity index (χ0v) is 10.1. The quantitative estimate of drug-likeness (QED) is 0.713. The van der Waals surface area contributed by atoms with Crippen LogP contribution in [0.4, 0.5) is 0 Å². The lowest BCUT2D eigenvalue weighted by Gasteiger charge is -2.14. The molecule has 0 amide bonds. The van der Waals surface area contributed by atoms with Crippen LogP contribution in [-0.4, -0.2) is 31.3 Å². The van der Waals surface area contributed by atoms with Crippen molar-refractivity contribution in [3.05, 3.63) is 20.2 Å². The van der Waals surface area contributed by atoms with Gasteiger partial charge in [0.25, 0.3) is 0 Å². The molecule has 0 aromatic carbocycles. The Kier molecular flexibility index (Phi) is 3.52. The van der Waals surface area contributed by atoms with Crippen LogP contribution in [0.1, 0.15) is 22.3 Å². The lowest BCUT2D eigenvalue weighted by molar-refractivity contribution is 0.0530. The first-order chi connectivity index (χ1) is 6.99. The molecule has 0 spiro atoms. The Morgan fingerprint density at radius 3 is 2.53 bits per heavy atom. The average molecular weight is 230 g/mol. The van der Waals surface area contributed by atoms with Crippen LogP contribution in [0.3, 0.4) is 0 Å². The predicted octanol–water partition coefficient (Wildman–Crippen LogP) is 0.593. The Morgan fingerprint density at radius 2 is 2.13 bits per heavy atom. The molecule has 0 fully saturated rings. The molecule has 0 saturated heterocycles. The Labute approximate surface area is 91.9 Å². The monoisotopic (exact) mass is 230 g/mol. The molecule has 5 nitrogen and oxygen atoms in total. The number of aromatic nitrogens is 1. The maximum Gasteiger partial charge on any atom is 0.350 e. The number of ether oxygens (including phenoxy) is 1. The Bertz CT molecular complexity index is 419. The van der Waals surface area contributed by atoms with Crippen LogP contribution in [0.25, 0.3) is 0 Å². The zero-order chi connectivity index (χ0) is 11.6. The second-order valence-corrected chi connectivity index (χ2v) is 4.12. The van der Waals surface area contributed by atoms with Crippen LogP contribution in [0.2, 0.25) is 0 Å². The van der Waals surface area contributed by atoms with Gasteiger partial charge in [0, 0.05) is 14.1 Å². The highest BCUT2D eigenvalue weighted by Crippen LogP contribution is 2.12. The summed E-state index contributed by atoms with van der Waals surface area (Å²) >= 11 is 0.909. The highest BCUT2D eigenvalue weighted by atomic mass is 32.1. The van der Waals surface area contributed by atoms with Crippen molar-refractivity contribution in [1.29, 1.82) is 0 Å². The molecule has 0 aliphatic heterocycles. The number of nitrogens with zero attached hydrogens (tertiary/aromatic N) is 2. The van der Waals surface area contributed by atoms with Crippen LogP contribution in [0, 0.1) is 6.92 Å². The Hall–Kier alpha value is -1.30. The molecule has 0 atom stereocenters. The molecule has 15 heavy (non-hydrogen) atoms. The van der Waals surface area contributed by atoms with Crippen LogP contribution >= 0.6 is 11.3 Å². The highest BCUT2D eigenvalue weighted by molar-refractivity contribution is 7.11. The molecule has 1 rings (SSSR count). The van der Waals surface area contributed by atoms with Crippen molar-refractivity contribution in [3.8, 4) is 0 Å². The van der Waals surface area contributed by atoms with Crippen molar-refractivity contribution < 1.29 is 9.53 Å². The van der Waals surface area contributed by atoms with E-state index in [2.05, 4.69) is 0 Å². The summed E-state index contributed by atoms with van der Waals surface area (Å²) in [6.07, 6.45) is 0. The molecule has 1 aromatic heterocycles. The van der Waals surface area contributed by atoms with Gasteiger partial charge in [0.1, 0.15) is 4.88 Å². The summed E-state index contributed by atoms with van der Waals surface area (Å²) in [7, 11) is 3.49. The third kappa shape index (κ3) is 2.20. The first-order valence-electron chi connectivity index (χ1n) is 4.56. The maximum absolute atomic E-state index is 11.5. The Morgan fingerprint density at radius 1 is 1.53 bits per heavy atom. The molecule has 0 unspecified atom stereocenters. The summed E-state index contributed by atoms with van der Waals surface area (Å²) in [6, 6.07) is 0. The summed E-state index contributed by atoms with van der Waals surface area (Å²) < 4.78 is 6.30. The van der Waals surface area contributed by atoms with Crippen molar-refractivity contribution in [2.24, 2.45) is 0 Å². The molecule has 0 N–H and O–H groups in total. The van der Waals surface area contributed by atoms with E-state index < -0.39 is 5.97 Å². The summed E-state index contributed by atoms with van der Waals surface area (Å²) in [4.78, 5) is 23.2. The highest BCUT2D eigenvalue weighted by Gasteiger charge is 2.19. The second kappa shape index (κ2) is 4.48. The van der Waals surface area contributed by atoms with E-state index in [4.69, 9.17) is 4.74 Å². The van der Waals surface area contributed by atoms with E-state index in [1.165, 1.54) is 4.68 Å². The van der Waals surface area contributed by atoms with Gasteiger partial charge in [0.05, 0.1) is 12.3 Å². The number of hydrogen-bond acceptors (Lipinski definition) is 5. The fourth-order valence-electron chi connectivity index (χ4n) is 1.29. The van der Waals surface area contributed by atoms with E-state index in [9.17, 15) is 9.59 Å². The average Bonchev–Trinajstić information content (AvgIpc) is 2.42. The molecule has 84 valence electrons. The third-order valence-corrected chi connectivity index (χ3v) is 2.88. The zero-order valence-electron chi connectivity index (χ0n) is 9.23. The minimum Gasteiger partial charge on any atom is -0.462 e. The summed E-state index contributed by atoms with van der Waals surface area (Å²) in [5.41, 5.74) is 0.619. The molecule has 0 radical (unpaired) electrons. The normalized spacial score (nSPS) is 10.1. The minimum atomic E-state index is -0.433. The molecule has 0 aliphatic carbocycles. The van der Waals surface area contributed by atoms with E-state index >= 15 is 0 Å². The van der Waals surface area contributed by atoms with E-state index in [1.807, 2.05) is 0 Å². The lowest BCUT2D eigenvalue weighted by atomic mass is 10.4. The van der Waals surface area contributed by atoms with Gasteiger partial charge in [-0.15, -0.1) is 0 Å². The van der Waals surface area contributed by atoms with Crippen molar-refractivity contribution in [2.75, 3.05) is 25.7 Å². The number of carbonyl (C=O) groups is 1. The molecule has 1 heterocycles. The van der Waals surface area contributed by atoms with E-state index in [0.717, 1.165) is 11.3 Å². The maximum atomic E-state index is 11.5. The smallest absolute Gasteiger partial charge is 0.350 e. The summed E-state index contributed by atoms with van der Waals surface area (Å²) in [5.74, 6) is -0.433. The van der Waals surface area contributed by atoms with Gasteiger partial charge in [0.2, 0.25) is 0 Å². The van der Waals surface area contributed by atoms with Crippen LogP contribution in [-0.2, 0) is 4.74 Å². The molecular formula is C9H14N2O3S. The van der Waals surface area contributed by atoms with E-state index in [1.54, 1.807) is 33.0 Å². The molecule has 0 saturated carbocycles. The Balaban J connectivity index is 3.18. The van der Waals surface area contributed by atoms with Crippen molar-refractivity contribution in [2.45, 2.75) is 13.8 Å². The minimum absolute atomic E-state index is 0.180. The number of esters is 1. The molecule has 1 aromatic rings. The van der Waals surface area contributed by atoms with Gasteiger partial charge in [-0.3, -0.25) is 4.79 Å². The largest absolute Gasteiger partial charge is 0.462 e. The van der Waals surface area contributed by atoms with Gasteiger partial charge in [-0.25, -0.2) is 9.47 Å². The topological polar surface area (TPSA) is 51.5 Å². The van der Waals surface area contributed by atoms with Crippen LogP contribution in [0.15, 0.2) is 4.79 Å². The molecule has 0 bridgehead atoms. The SMILES string of the molecule is CCOC(=O)c1sc(=O)n(N(C)C)c1C. The van der Waals surface area contributed by atoms with Gasteiger partial charge in [-0.1, -0.05) is 11.3 Å². The van der Waals surface area contributed by atoms with Gasteiger partial charge in [-0.05, 0) is 13.8 Å². The van der Waals surface area contributed by atoms with E-state index in [0.29, 0.717) is 17.2 Å². The summed E-state index contributed by atoms with van der Waals surface area (Å²) in [6.45, 7) is 3.77. The number of thiazole rings is 1.